The number of ether oxygens (including phenoxy) is 1. The fourth-order valence-electron chi connectivity index (χ4n) is 8.34. The van der Waals surface area contributed by atoms with E-state index in [1.807, 2.05) is 30.3 Å². The molecule has 31 heavy (non-hydrogen) atoms. The minimum atomic E-state index is -0.132. The monoisotopic (exact) mass is 420 g/mol. The first kappa shape index (κ1) is 21.0. The van der Waals surface area contributed by atoms with Crippen LogP contribution < -0.4 is 0 Å². The van der Waals surface area contributed by atoms with Crippen molar-refractivity contribution in [3.63, 3.8) is 0 Å². The molecule has 3 nitrogen and oxygen atoms in total. The van der Waals surface area contributed by atoms with Gasteiger partial charge in [-0.1, -0.05) is 50.3 Å². The smallest absolute Gasteiger partial charge is 0.302 e. The Bertz CT molecular complexity index is 902. The maximum Gasteiger partial charge on any atom is 0.302 e. The van der Waals surface area contributed by atoms with Gasteiger partial charge in [-0.25, -0.2) is 0 Å². The van der Waals surface area contributed by atoms with Crippen molar-refractivity contribution in [1.29, 1.82) is 0 Å². The van der Waals surface area contributed by atoms with E-state index in [-0.39, 0.29) is 28.7 Å². The highest BCUT2D eigenvalue weighted by Crippen LogP contribution is 2.66. The molecule has 0 spiro atoms. The molecule has 4 aliphatic carbocycles. The van der Waals surface area contributed by atoms with Crippen molar-refractivity contribution in [2.24, 2.45) is 34.5 Å². The number of fused-ring (bicyclic) bond motifs is 5. The van der Waals surface area contributed by atoms with Gasteiger partial charge in [0.05, 0.1) is 0 Å². The maximum absolute atomic E-state index is 13.4. The van der Waals surface area contributed by atoms with Crippen LogP contribution in [-0.4, -0.2) is 17.9 Å². The SMILES string of the molecule is CC(=O)O[C@@H]1CCC[C@H]2CC[C@@H]3[C@@H](CC[C@@]4(C)C(C(=O)c5ccccc5)=CC[C@H]34)[C@@]21C. The average molecular weight is 421 g/mol. The third kappa shape index (κ3) is 3.14. The molecular formula is C28H36O3. The number of hydrogen-bond acceptors (Lipinski definition) is 3. The first-order valence-electron chi connectivity index (χ1n) is 12.3. The molecule has 0 bridgehead atoms. The summed E-state index contributed by atoms with van der Waals surface area (Å²) in [6.07, 6.45) is 11.5. The van der Waals surface area contributed by atoms with Crippen molar-refractivity contribution < 1.29 is 14.3 Å². The summed E-state index contributed by atoms with van der Waals surface area (Å²) in [5.41, 5.74) is 1.92. The zero-order valence-electron chi connectivity index (χ0n) is 19.2. The lowest BCUT2D eigenvalue weighted by Crippen LogP contribution is -2.58. The molecule has 166 valence electrons. The van der Waals surface area contributed by atoms with Crippen LogP contribution in [-0.2, 0) is 9.53 Å². The Labute approximate surface area is 186 Å². The Hall–Kier alpha value is -1.90. The van der Waals surface area contributed by atoms with E-state index < -0.39 is 0 Å². The summed E-state index contributed by atoms with van der Waals surface area (Å²) in [5, 5.41) is 0. The van der Waals surface area contributed by atoms with Crippen LogP contribution in [0.15, 0.2) is 42.0 Å². The summed E-state index contributed by atoms with van der Waals surface area (Å²) in [6.45, 7) is 6.35. The van der Waals surface area contributed by atoms with Gasteiger partial charge in [-0.2, -0.15) is 0 Å². The lowest BCUT2D eigenvalue weighted by molar-refractivity contribution is -0.187. The second-order valence-corrected chi connectivity index (χ2v) is 11.1. The van der Waals surface area contributed by atoms with Crippen molar-refractivity contribution in [2.45, 2.75) is 78.2 Å². The molecule has 0 amide bonds. The van der Waals surface area contributed by atoms with E-state index in [1.54, 1.807) is 6.92 Å². The highest BCUT2D eigenvalue weighted by molar-refractivity contribution is 6.09. The van der Waals surface area contributed by atoms with Gasteiger partial charge in [-0.3, -0.25) is 9.59 Å². The van der Waals surface area contributed by atoms with Crippen molar-refractivity contribution >= 4 is 11.8 Å². The van der Waals surface area contributed by atoms with Gasteiger partial charge in [-0.05, 0) is 80.5 Å². The van der Waals surface area contributed by atoms with Gasteiger partial charge in [0.25, 0.3) is 0 Å². The van der Waals surface area contributed by atoms with Gasteiger partial charge < -0.3 is 4.74 Å². The van der Waals surface area contributed by atoms with Gasteiger partial charge in [0.1, 0.15) is 6.10 Å². The lowest BCUT2D eigenvalue weighted by Gasteiger charge is -2.61. The number of carbonyl (C=O) groups is 2. The number of Topliss-reactive ketones (excluding diaryl/α,β-unsaturated/α-hetero) is 1. The molecule has 0 saturated heterocycles. The second-order valence-electron chi connectivity index (χ2n) is 11.1. The number of rotatable bonds is 3. The van der Waals surface area contributed by atoms with Crippen molar-refractivity contribution in [1.82, 2.24) is 0 Å². The van der Waals surface area contributed by atoms with Crippen LogP contribution in [0, 0.1) is 34.5 Å². The van der Waals surface area contributed by atoms with Gasteiger partial charge in [0.15, 0.2) is 5.78 Å². The van der Waals surface area contributed by atoms with E-state index in [2.05, 4.69) is 19.9 Å². The van der Waals surface area contributed by atoms with Crippen molar-refractivity contribution in [2.75, 3.05) is 0 Å². The summed E-state index contributed by atoms with van der Waals surface area (Å²) in [5.74, 6) is 2.50. The van der Waals surface area contributed by atoms with Crippen LogP contribution in [0.2, 0.25) is 0 Å². The van der Waals surface area contributed by atoms with E-state index in [9.17, 15) is 9.59 Å². The zero-order chi connectivity index (χ0) is 21.8. The topological polar surface area (TPSA) is 43.4 Å². The van der Waals surface area contributed by atoms with Crippen LogP contribution in [0.4, 0.5) is 0 Å². The molecule has 3 saturated carbocycles. The minimum absolute atomic E-state index is 0.0249. The predicted octanol–water partition coefficient (Wildman–Crippen LogP) is 6.38. The van der Waals surface area contributed by atoms with E-state index in [1.165, 1.54) is 25.7 Å². The molecule has 3 heteroatoms. The molecule has 0 radical (unpaired) electrons. The van der Waals surface area contributed by atoms with Crippen molar-refractivity contribution in [3.8, 4) is 0 Å². The maximum atomic E-state index is 13.4. The standard InChI is InChI=1S/C28H36O3/c1-18(29)31-25-11-7-10-20-12-13-21-22-14-15-24(26(30)19-8-5-4-6-9-19)27(22,2)17-16-23(21)28(20,25)3/h4-6,8-9,15,20-23,25H,7,10-14,16-17H2,1-3H3/t20-,21-,22+,23+,25+,27+,28+/m0/s1. The van der Waals surface area contributed by atoms with Crippen LogP contribution in [0.25, 0.3) is 0 Å². The Morgan fingerprint density at radius 1 is 0.968 bits per heavy atom. The average Bonchev–Trinajstić information content (AvgIpc) is 3.11. The summed E-state index contributed by atoms with van der Waals surface area (Å²) in [7, 11) is 0. The molecule has 7 atom stereocenters. The van der Waals surface area contributed by atoms with Gasteiger partial charge in [-0.15, -0.1) is 0 Å². The van der Waals surface area contributed by atoms with Crippen LogP contribution in [0.3, 0.4) is 0 Å². The van der Waals surface area contributed by atoms with Crippen LogP contribution in [0.5, 0.6) is 0 Å². The Balaban J connectivity index is 1.43. The number of allylic oxidation sites excluding steroid dienone is 2. The molecule has 0 heterocycles. The first-order valence-corrected chi connectivity index (χ1v) is 12.3. The molecule has 3 fully saturated rings. The Morgan fingerprint density at radius 2 is 1.74 bits per heavy atom. The zero-order valence-corrected chi connectivity index (χ0v) is 19.2. The number of esters is 1. The second kappa shape index (κ2) is 7.60. The molecule has 0 aromatic heterocycles. The molecule has 1 aromatic rings. The molecule has 0 N–H and O–H groups in total. The van der Waals surface area contributed by atoms with E-state index >= 15 is 0 Å². The molecular weight excluding hydrogens is 384 g/mol. The first-order chi connectivity index (χ1) is 14.9. The van der Waals surface area contributed by atoms with Gasteiger partial charge in [0.2, 0.25) is 0 Å². The largest absolute Gasteiger partial charge is 0.462 e. The fourth-order valence-corrected chi connectivity index (χ4v) is 8.34. The minimum Gasteiger partial charge on any atom is -0.462 e. The number of ketones is 1. The Kier molecular flexibility index (Phi) is 5.14. The van der Waals surface area contributed by atoms with Crippen molar-refractivity contribution in [3.05, 3.63) is 47.5 Å². The highest BCUT2D eigenvalue weighted by Gasteiger charge is 2.61. The molecule has 0 unspecified atom stereocenters. The van der Waals surface area contributed by atoms with Gasteiger partial charge >= 0.3 is 5.97 Å². The van der Waals surface area contributed by atoms with Gasteiger partial charge in [0, 0.05) is 23.5 Å². The summed E-state index contributed by atoms with van der Waals surface area (Å²) >= 11 is 0. The number of benzene rings is 1. The number of hydrogen-bond donors (Lipinski definition) is 0. The molecule has 1 aromatic carbocycles. The summed E-state index contributed by atoms with van der Waals surface area (Å²) in [4.78, 5) is 25.3. The molecule has 4 aliphatic rings. The van der Waals surface area contributed by atoms with E-state index in [0.717, 1.165) is 36.8 Å². The van der Waals surface area contributed by atoms with E-state index in [0.29, 0.717) is 23.7 Å². The van der Waals surface area contributed by atoms with Crippen LogP contribution >= 0.6 is 0 Å². The number of carbonyl (C=O) groups excluding carboxylic acids is 2. The molecule has 0 aliphatic heterocycles. The highest BCUT2D eigenvalue weighted by atomic mass is 16.5. The lowest BCUT2D eigenvalue weighted by atomic mass is 9.44. The normalized spacial score (nSPS) is 41.4. The predicted molar refractivity (Wildman–Crippen MR) is 122 cm³/mol. The third-order valence-electron chi connectivity index (χ3n) is 9.85. The fraction of sp³-hybridized carbons (Fsp3) is 0.643. The van der Waals surface area contributed by atoms with E-state index in [4.69, 9.17) is 4.74 Å². The third-order valence-corrected chi connectivity index (χ3v) is 9.85. The summed E-state index contributed by atoms with van der Waals surface area (Å²) in [6, 6.07) is 9.78. The molecule has 5 rings (SSSR count). The Morgan fingerprint density at radius 3 is 2.48 bits per heavy atom. The van der Waals surface area contributed by atoms with Crippen LogP contribution in [0.1, 0.15) is 82.5 Å². The quantitative estimate of drug-likeness (QED) is 0.421. The summed E-state index contributed by atoms with van der Waals surface area (Å²) < 4.78 is 5.96.